The van der Waals surface area contributed by atoms with Gasteiger partial charge in [-0.3, -0.25) is 0 Å². The molecule has 0 bridgehead atoms. The molecule has 0 aliphatic carbocycles. The van der Waals surface area contributed by atoms with Crippen LogP contribution in [0.1, 0.15) is 36.0 Å². The number of anilines is 1. The van der Waals surface area contributed by atoms with Crippen LogP contribution in [-0.4, -0.2) is 19.2 Å². The third-order valence-electron chi connectivity index (χ3n) is 3.32. The van der Waals surface area contributed by atoms with Crippen LogP contribution in [-0.2, 0) is 4.74 Å². The number of nitrogen functional groups attached to an aromatic ring is 1. The second-order valence-corrected chi connectivity index (χ2v) is 6.95. The van der Waals surface area contributed by atoms with Crippen LogP contribution in [0.5, 0.6) is 5.75 Å². The third-order valence-corrected chi connectivity index (χ3v) is 4.25. The van der Waals surface area contributed by atoms with Gasteiger partial charge >= 0.3 is 5.97 Å². The van der Waals surface area contributed by atoms with E-state index in [1.807, 2.05) is 52.0 Å². The predicted octanol–water partition coefficient (Wildman–Crippen LogP) is 4.52. The number of hydrogen-bond donors (Lipinski definition) is 1. The summed E-state index contributed by atoms with van der Waals surface area (Å²) in [4.78, 5) is 13.5. The minimum atomic E-state index is -0.373. The van der Waals surface area contributed by atoms with E-state index in [9.17, 15) is 4.79 Å². The molecule has 1 heterocycles. The van der Waals surface area contributed by atoms with Crippen LogP contribution in [0.25, 0.3) is 11.1 Å². The van der Waals surface area contributed by atoms with Crippen molar-refractivity contribution in [2.24, 2.45) is 5.92 Å². The van der Waals surface area contributed by atoms with E-state index in [-0.39, 0.29) is 11.9 Å². The number of para-hydroxylation sites is 1. The van der Waals surface area contributed by atoms with Crippen molar-refractivity contribution in [1.29, 1.82) is 0 Å². The number of benzene rings is 1. The first-order valence-corrected chi connectivity index (χ1v) is 8.55. The lowest BCUT2D eigenvalue weighted by Crippen LogP contribution is -2.12. The molecule has 0 aliphatic heterocycles. The van der Waals surface area contributed by atoms with E-state index >= 15 is 0 Å². The van der Waals surface area contributed by atoms with Crippen molar-refractivity contribution in [3.8, 4) is 16.9 Å². The monoisotopic (exact) mass is 333 g/mol. The fourth-order valence-electron chi connectivity index (χ4n) is 2.36. The van der Waals surface area contributed by atoms with Gasteiger partial charge in [0.1, 0.15) is 16.3 Å². The van der Waals surface area contributed by atoms with Gasteiger partial charge in [-0.05, 0) is 25.8 Å². The molecule has 0 atom stereocenters. The van der Waals surface area contributed by atoms with Gasteiger partial charge in [-0.1, -0.05) is 32.0 Å². The topological polar surface area (TPSA) is 61.5 Å². The van der Waals surface area contributed by atoms with E-state index in [0.717, 1.165) is 21.8 Å². The van der Waals surface area contributed by atoms with Crippen molar-refractivity contribution in [3.05, 3.63) is 34.7 Å². The van der Waals surface area contributed by atoms with Crippen molar-refractivity contribution in [2.75, 3.05) is 18.9 Å². The van der Waals surface area contributed by atoms with Crippen molar-refractivity contribution < 1.29 is 14.3 Å². The van der Waals surface area contributed by atoms with Crippen LogP contribution < -0.4 is 10.5 Å². The second kappa shape index (κ2) is 7.51. The summed E-state index contributed by atoms with van der Waals surface area (Å²) in [7, 11) is 0. The Labute approximate surface area is 141 Å². The lowest BCUT2D eigenvalue weighted by molar-refractivity contribution is 0.0461. The van der Waals surface area contributed by atoms with Crippen molar-refractivity contribution in [1.82, 2.24) is 0 Å². The quantitative estimate of drug-likeness (QED) is 0.790. The van der Waals surface area contributed by atoms with Gasteiger partial charge in [0.2, 0.25) is 0 Å². The van der Waals surface area contributed by atoms with Crippen LogP contribution in [0, 0.1) is 12.8 Å². The van der Waals surface area contributed by atoms with Crippen LogP contribution in [0.3, 0.4) is 0 Å². The van der Waals surface area contributed by atoms with Gasteiger partial charge in [-0.25, -0.2) is 4.79 Å². The molecule has 0 saturated carbocycles. The Morgan fingerprint density at radius 1 is 1.30 bits per heavy atom. The molecule has 1 aromatic carbocycles. The minimum Gasteiger partial charge on any atom is -0.493 e. The first kappa shape index (κ1) is 17.3. The molecule has 2 rings (SSSR count). The summed E-state index contributed by atoms with van der Waals surface area (Å²) in [5.74, 6) is 0.648. The van der Waals surface area contributed by atoms with E-state index in [0.29, 0.717) is 23.8 Å². The largest absolute Gasteiger partial charge is 0.493 e. The molecule has 0 saturated heterocycles. The fourth-order valence-corrected chi connectivity index (χ4v) is 3.29. The SMILES string of the molecule is CCOc1ccccc1-c1c(C)sc(N)c1C(=O)OCC(C)C. The summed E-state index contributed by atoms with van der Waals surface area (Å²) in [5.41, 5.74) is 8.21. The van der Waals surface area contributed by atoms with E-state index in [2.05, 4.69) is 0 Å². The van der Waals surface area contributed by atoms with E-state index < -0.39 is 0 Å². The van der Waals surface area contributed by atoms with Crippen molar-refractivity contribution in [3.63, 3.8) is 0 Å². The number of aryl methyl sites for hydroxylation is 1. The molecule has 0 unspecified atom stereocenters. The van der Waals surface area contributed by atoms with Gasteiger partial charge in [0.15, 0.2) is 0 Å². The summed E-state index contributed by atoms with van der Waals surface area (Å²) < 4.78 is 11.1. The highest BCUT2D eigenvalue weighted by Gasteiger charge is 2.25. The molecular weight excluding hydrogens is 310 g/mol. The fraction of sp³-hybridized carbons (Fsp3) is 0.389. The number of nitrogens with two attached hydrogens (primary N) is 1. The summed E-state index contributed by atoms with van der Waals surface area (Å²) >= 11 is 1.40. The zero-order chi connectivity index (χ0) is 17.0. The Hall–Kier alpha value is -2.01. The van der Waals surface area contributed by atoms with E-state index in [1.165, 1.54) is 11.3 Å². The molecule has 2 N–H and O–H groups in total. The molecule has 0 spiro atoms. The average Bonchev–Trinajstić information content (AvgIpc) is 2.80. The first-order valence-electron chi connectivity index (χ1n) is 7.73. The number of carbonyl (C=O) groups excluding carboxylic acids is 1. The molecule has 0 aliphatic rings. The lowest BCUT2D eigenvalue weighted by atomic mass is 10.0. The number of carbonyl (C=O) groups is 1. The van der Waals surface area contributed by atoms with Gasteiger partial charge in [0, 0.05) is 16.0 Å². The number of hydrogen-bond acceptors (Lipinski definition) is 5. The molecule has 1 aromatic heterocycles. The van der Waals surface area contributed by atoms with E-state index in [1.54, 1.807) is 0 Å². The number of ether oxygens (including phenoxy) is 2. The van der Waals surface area contributed by atoms with Crippen LogP contribution in [0.15, 0.2) is 24.3 Å². The average molecular weight is 333 g/mol. The summed E-state index contributed by atoms with van der Waals surface area (Å²) in [5, 5.41) is 0.484. The summed E-state index contributed by atoms with van der Waals surface area (Å²) in [6.07, 6.45) is 0. The third kappa shape index (κ3) is 3.85. The maximum atomic E-state index is 12.5. The summed E-state index contributed by atoms with van der Waals surface area (Å²) in [6, 6.07) is 7.68. The first-order chi connectivity index (χ1) is 11.0. The minimum absolute atomic E-state index is 0.277. The Morgan fingerprint density at radius 3 is 2.65 bits per heavy atom. The van der Waals surface area contributed by atoms with Crippen LogP contribution >= 0.6 is 11.3 Å². The van der Waals surface area contributed by atoms with Gasteiger partial charge in [0.05, 0.1) is 13.2 Å². The van der Waals surface area contributed by atoms with Crippen molar-refractivity contribution in [2.45, 2.75) is 27.7 Å². The maximum absolute atomic E-state index is 12.5. The maximum Gasteiger partial charge on any atom is 0.341 e. The standard InChI is InChI=1S/C18H23NO3S/c1-5-21-14-9-7-6-8-13(14)15-12(4)23-17(19)16(15)18(20)22-10-11(2)3/h6-9,11H,5,10,19H2,1-4H3. The number of rotatable bonds is 6. The van der Waals surface area contributed by atoms with Crippen LogP contribution in [0.4, 0.5) is 5.00 Å². The molecule has 2 aromatic rings. The van der Waals surface area contributed by atoms with Gasteiger partial charge < -0.3 is 15.2 Å². The molecule has 5 heteroatoms. The highest BCUT2D eigenvalue weighted by molar-refractivity contribution is 7.16. The van der Waals surface area contributed by atoms with Crippen LogP contribution in [0.2, 0.25) is 0 Å². The highest BCUT2D eigenvalue weighted by atomic mass is 32.1. The molecule has 0 amide bonds. The normalized spacial score (nSPS) is 10.8. The lowest BCUT2D eigenvalue weighted by Gasteiger charge is -2.13. The van der Waals surface area contributed by atoms with Gasteiger partial charge in [-0.2, -0.15) is 0 Å². The smallest absolute Gasteiger partial charge is 0.341 e. The highest BCUT2D eigenvalue weighted by Crippen LogP contribution is 2.42. The van der Waals surface area contributed by atoms with Gasteiger partial charge in [-0.15, -0.1) is 11.3 Å². The Morgan fingerprint density at radius 2 is 2.00 bits per heavy atom. The molecular formula is C18H23NO3S. The van der Waals surface area contributed by atoms with Crippen molar-refractivity contribution >= 4 is 22.3 Å². The molecule has 23 heavy (non-hydrogen) atoms. The number of esters is 1. The zero-order valence-corrected chi connectivity index (χ0v) is 14.8. The molecule has 124 valence electrons. The Bertz CT molecular complexity index is 692. The molecule has 0 radical (unpaired) electrons. The molecule has 4 nitrogen and oxygen atoms in total. The Kier molecular flexibility index (Phi) is 5.66. The Balaban J connectivity index is 2.49. The van der Waals surface area contributed by atoms with E-state index in [4.69, 9.17) is 15.2 Å². The predicted molar refractivity (Wildman–Crippen MR) is 95.2 cm³/mol. The van der Waals surface area contributed by atoms with Gasteiger partial charge in [0.25, 0.3) is 0 Å². The number of thiophene rings is 1. The second-order valence-electron chi connectivity index (χ2n) is 5.69. The zero-order valence-electron chi connectivity index (χ0n) is 14.0. The summed E-state index contributed by atoms with van der Waals surface area (Å²) in [6.45, 7) is 8.83. The molecule has 0 fully saturated rings.